The number of para-hydroxylation sites is 1. The van der Waals surface area contributed by atoms with Crippen LogP contribution in [0.25, 0.3) is 11.3 Å². The molecule has 98 valence electrons. The van der Waals surface area contributed by atoms with Crippen molar-refractivity contribution in [3.05, 3.63) is 46.8 Å². The molecular weight excluding hydrogens is 240 g/mol. The van der Waals surface area contributed by atoms with Gasteiger partial charge in [-0.1, -0.05) is 12.1 Å². The minimum atomic E-state index is -0.106. The number of ether oxygens (including phenoxy) is 1. The average Bonchev–Trinajstić information content (AvgIpc) is 3.26. The molecule has 4 nitrogen and oxygen atoms in total. The third-order valence-electron chi connectivity index (χ3n) is 3.44. The first-order chi connectivity index (χ1) is 9.22. The summed E-state index contributed by atoms with van der Waals surface area (Å²) in [6.45, 7) is 0. The van der Waals surface area contributed by atoms with Gasteiger partial charge in [-0.2, -0.15) is 0 Å². The highest BCUT2D eigenvalue weighted by molar-refractivity contribution is 5.68. The molecule has 4 heteroatoms. The van der Waals surface area contributed by atoms with Gasteiger partial charge in [0, 0.05) is 11.6 Å². The maximum Gasteiger partial charge on any atom is 0.274 e. The number of nitrogens with two attached hydrogens (primary N) is 1. The lowest BCUT2D eigenvalue weighted by atomic mass is 10.1. The predicted molar refractivity (Wildman–Crippen MR) is 75.4 cm³/mol. The van der Waals surface area contributed by atoms with Gasteiger partial charge < -0.3 is 15.0 Å². The van der Waals surface area contributed by atoms with Crippen molar-refractivity contribution >= 4 is 5.69 Å². The van der Waals surface area contributed by atoms with E-state index >= 15 is 0 Å². The molecule has 0 aliphatic heterocycles. The Morgan fingerprint density at radius 1 is 1.21 bits per heavy atom. The van der Waals surface area contributed by atoms with Crippen LogP contribution in [-0.4, -0.2) is 11.7 Å². The van der Waals surface area contributed by atoms with Crippen molar-refractivity contribution in [2.24, 2.45) is 0 Å². The summed E-state index contributed by atoms with van der Waals surface area (Å²) in [6.07, 6.45) is 2.07. The minimum absolute atomic E-state index is 0.106. The molecule has 1 saturated carbocycles. The molecule has 1 aliphatic carbocycles. The molecule has 1 aromatic heterocycles. The lowest BCUT2D eigenvalue weighted by molar-refractivity contribution is 0.416. The van der Waals surface area contributed by atoms with Crippen molar-refractivity contribution < 1.29 is 4.74 Å². The predicted octanol–water partition coefficient (Wildman–Crippen LogP) is 2.44. The molecule has 2 N–H and O–H groups in total. The average molecular weight is 256 g/mol. The van der Waals surface area contributed by atoms with E-state index in [9.17, 15) is 4.79 Å². The number of aromatic nitrogens is 1. The zero-order valence-electron chi connectivity index (χ0n) is 10.8. The maximum atomic E-state index is 12.2. The Morgan fingerprint density at radius 2 is 1.95 bits per heavy atom. The molecule has 19 heavy (non-hydrogen) atoms. The van der Waals surface area contributed by atoms with Crippen molar-refractivity contribution in [2.75, 3.05) is 12.8 Å². The Hall–Kier alpha value is -2.23. The number of anilines is 1. The Balaban J connectivity index is 2.25. The number of rotatable bonds is 3. The summed E-state index contributed by atoms with van der Waals surface area (Å²) in [7, 11) is 1.63. The zero-order valence-corrected chi connectivity index (χ0v) is 10.8. The standard InChI is InChI=1S/C15H16N2O2/c1-19-14-5-3-2-4-11(14)13-9-8-12(16)15(18)17(13)10-6-7-10/h2-5,8-10H,6-7,16H2,1H3. The molecule has 0 radical (unpaired) electrons. The van der Waals surface area contributed by atoms with Gasteiger partial charge in [0.1, 0.15) is 5.75 Å². The number of nitrogens with zero attached hydrogens (tertiary/aromatic N) is 1. The second-order valence-electron chi connectivity index (χ2n) is 4.78. The summed E-state index contributed by atoms with van der Waals surface area (Å²) < 4.78 is 7.18. The first kappa shape index (κ1) is 11.8. The topological polar surface area (TPSA) is 57.2 Å². The largest absolute Gasteiger partial charge is 0.496 e. The number of pyridine rings is 1. The summed E-state index contributed by atoms with van der Waals surface area (Å²) >= 11 is 0. The van der Waals surface area contributed by atoms with Gasteiger partial charge in [-0.15, -0.1) is 0 Å². The van der Waals surface area contributed by atoms with Gasteiger partial charge in [-0.25, -0.2) is 0 Å². The lowest BCUT2D eigenvalue weighted by Crippen LogP contribution is -2.23. The van der Waals surface area contributed by atoms with E-state index in [1.54, 1.807) is 17.7 Å². The molecule has 1 fully saturated rings. The van der Waals surface area contributed by atoms with Crippen LogP contribution in [0.1, 0.15) is 18.9 Å². The van der Waals surface area contributed by atoms with E-state index in [0.29, 0.717) is 5.69 Å². The van der Waals surface area contributed by atoms with Crippen LogP contribution in [0.4, 0.5) is 5.69 Å². The van der Waals surface area contributed by atoms with Gasteiger partial charge in [0.05, 0.1) is 18.5 Å². The molecule has 0 saturated heterocycles. The second-order valence-corrected chi connectivity index (χ2v) is 4.78. The number of hydrogen-bond donors (Lipinski definition) is 1. The number of nitrogen functional groups attached to an aromatic ring is 1. The van der Waals surface area contributed by atoms with Crippen molar-refractivity contribution in [3.8, 4) is 17.0 Å². The van der Waals surface area contributed by atoms with Gasteiger partial charge in [0.15, 0.2) is 0 Å². The van der Waals surface area contributed by atoms with E-state index < -0.39 is 0 Å². The maximum absolute atomic E-state index is 12.2. The highest BCUT2D eigenvalue weighted by Crippen LogP contribution is 2.39. The smallest absolute Gasteiger partial charge is 0.274 e. The Kier molecular flexibility index (Phi) is 2.78. The molecule has 1 aromatic carbocycles. The quantitative estimate of drug-likeness (QED) is 0.917. The summed E-state index contributed by atoms with van der Waals surface area (Å²) in [6, 6.07) is 11.6. The van der Waals surface area contributed by atoms with Crippen molar-refractivity contribution in [1.82, 2.24) is 4.57 Å². The van der Waals surface area contributed by atoms with Crippen LogP contribution >= 0.6 is 0 Å². The Morgan fingerprint density at radius 3 is 2.63 bits per heavy atom. The van der Waals surface area contributed by atoms with E-state index in [2.05, 4.69) is 0 Å². The van der Waals surface area contributed by atoms with Crippen LogP contribution in [-0.2, 0) is 0 Å². The molecule has 1 heterocycles. The van der Waals surface area contributed by atoms with Crippen LogP contribution in [0.15, 0.2) is 41.2 Å². The summed E-state index contributed by atoms with van der Waals surface area (Å²) in [4.78, 5) is 12.2. The van der Waals surface area contributed by atoms with E-state index in [0.717, 1.165) is 29.8 Å². The molecule has 1 aliphatic rings. The third kappa shape index (κ3) is 1.99. The lowest BCUT2D eigenvalue weighted by Gasteiger charge is -2.15. The Labute approximate surface area is 111 Å². The third-order valence-corrected chi connectivity index (χ3v) is 3.44. The Bertz CT molecular complexity index is 672. The normalized spacial score (nSPS) is 14.4. The molecule has 3 rings (SSSR count). The second kappa shape index (κ2) is 4.46. The van der Waals surface area contributed by atoms with Crippen LogP contribution in [0.2, 0.25) is 0 Å². The van der Waals surface area contributed by atoms with Crippen LogP contribution < -0.4 is 16.0 Å². The fourth-order valence-corrected chi connectivity index (χ4v) is 2.34. The molecule has 0 atom stereocenters. The number of hydrogen-bond acceptors (Lipinski definition) is 3. The molecule has 2 aromatic rings. The summed E-state index contributed by atoms with van der Waals surface area (Å²) in [5.74, 6) is 0.765. The van der Waals surface area contributed by atoms with Crippen molar-refractivity contribution in [1.29, 1.82) is 0 Å². The van der Waals surface area contributed by atoms with Crippen LogP contribution in [0.3, 0.4) is 0 Å². The van der Waals surface area contributed by atoms with E-state index in [1.807, 2.05) is 30.3 Å². The van der Waals surface area contributed by atoms with Crippen molar-refractivity contribution in [3.63, 3.8) is 0 Å². The van der Waals surface area contributed by atoms with E-state index in [4.69, 9.17) is 10.5 Å². The molecular formula is C15H16N2O2. The van der Waals surface area contributed by atoms with Gasteiger partial charge in [0.25, 0.3) is 5.56 Å². The van der Waals surface area contributed by atoms with Gasteiger partial charge in [-0.3, -0.25) is 4.79 Å². The van der Waals surface area contributed by atoms with Crippen LogP contribution in [0, 0.1) is 0 Å². The monoisotopic (exact) mass is 256 g/mol. The molecule has 0 unspecified atom stereocenters. The molecule has 0 amide bonds. The first-order valence-electron chi connectivity index (χ1n) is 6.37. The van der Waals surface area contributed by atoms with Crippen molar-refractivity contribution in [2.45, 2.75) is 18.9 Å². The van der Waals surface area contributed by atoms with Gasteiger partial charge >= 0.3 is 0 Å². The summed E-state index contributed by atoms with van der Waals surface area (Å²) in [5.41, 5.74) is 7.73. The fourth-order valence-electron chi connectivity index (χ4n) is 2.34. The number of methoxy groups -OCH3 is 1. The van der Waals surface area contributed by atoms with Crippen LogP contribution in [0.5, 0.6) is 5.75 Å². The fraction of sp³-hybridized carbons (Fsp3) is 0.267. The minimum Gasteiger partial charge on any atom is -0.496 e. The SMILES string of the molecule is COc1ccccc1-c1ccc(N)c(=O)n1C1CC1. The highest BCUT2D eigenvalue weighted by Gasteiger charge is 2.28. The van der Waals surface area contributed by atoms with E-state index in [-0.39, 0.29) is 11.6 Å². The van der Waals surface area contributed by atoms with Gasteiger partial charge in [-0.05, 0) is 37.1 Å². The zero-order chi connectivity index (χ0) is 13.4. The van der Waals surface area contributed by atoms with E-state index in [1.165, 1.54) is 0 Å². The summed E-state index contributed by atoms with van der Waals surface area (Å²) in [5, 5.41) is 0. The number of benzene rings is 1. The molecule has 0 bridgehead atoms. The van der Waals surface area contributed by atoms with Gasteiger partial charge in [0.2, 0.25) is 0 Å². The first-order valence-corrected chi connectivity index (χ1v) is 6.37. The highest BCUT2D eigenvalue weighted by atomic mass is 16.5. The molecule has 0 spiro atoms.